The van der Waals surface area contributed by atoms with E-state index in [0.29, 0.717) is 11.7 Å². The lowest BCUT2D eigenvalue weighted by Crippen LogP contribution is -2.13. The smallest absolute Gasteiger partial charge is 0.337 e. The monoisotopic (exact) mass is 236 g/mol. The van der Waals surface area contributed by atoms with Gasteiger partial charge in [0.25, 0.3) is 0 Å². The Morgan fingerprint density at radius 2 is 2.29 bits per heavy atom. The van der Waals surface area contributed by atoms with Crippen LogP contribution in [0.25, 0.3) is 0 Å². The Balaban J connectivity index is 1.85. The van der Waals surface area contributed by atoms with Crippen molar-refractivity contribution in [3.05, 3.63) is 23.9 Å². The molecule has 0 radical (unpaired) electrons. The quantitative estimate of drug-likeness (QED) is 0.735. The van der Waals surface area contributed by atoms with Crippen molar-refractivity contribution < 1.29 is 15.0 Å². The van der Waals surface area contributed by atoms with E-state index < -0.39 is 5.97 Å². The highest BCUT2D eigenvalue weighted by atomic mass is 16.4. The maximum atomic E-state index is 10.6. The van der Waals surface area contributed by atoms with E-state index in [4.69, 9.17) is 5.11 Å². The largest absolute Gasteiger partial charge is 0.478 e. The van der Waals surface area contributed by atoms with Crippen LogP contribution in [0.1, 0.15) is 29.6 Å². The lowest BCUT2D eigenvalue weighted by Gasteiger charge is -2.11. The Kier molecular flexibility index (Phi) is 3.58. The van der Waals surface area contributed by atoms with Gasteiger partial charge < -0.3 is 15.5 Å². The summed E-state index contributed by atoms with van der Waals surface area (Å²) in [5.41, 5.74) is 0.187. The number of nitrogens with one attached hydrogen (secondary N) is 1. The molecule has 0 saturated heterocycles. The van der Waals surface area contributed by atoms with Crippen molar-refractivity contribution in [1.29, 1.82) is 0 Å². The third-order valence-corrected chi connectivity index (χ3v) is 3.10. The molecule has 1 aliphatic rings. The number of nitrogens with zero attached hydrogens (tertiary/aromatic N) is 1. The van der Waals surface area contributed by atoms with E-state index in [-0.39, 0.29) is 11.7 Å². The van der Waals surface area contributed by atoms with E-state index in [1.54, 1.807) is 6.07 Å². The number of aliphatic hydroxyl groups is 1. The minimum Gasteiger partial charge on any atom is -0.478 e. The number of hydrogen-bond acceptors (Lipinski definition) is 4. The predicted molar refractivity (Wildman–Crippen MR) is 63.0 cm³/mol. The van der Waals surface area contributed by atoms with Gasteiger partial charge in [-0.1, -0.05) is 0 Å². The summed E-state index contributed by atoms with van der Waals surface area (Å²) in [7, 11) is 0. The topological polar surface area (TPSA) is 82.5 Å². The van der Waals surface area contributed by atoms with Gasteiger partial charge in [-0.15, -0.1) is 0 Å². The summed E-state index contributed by atoms with van der Waals surface area (Å²) in [5.74, 6) is 0.185. The number of pyridine rings is 1. The molecule has 1 heterocycles. The van der Waals surface area contributed by atoms with E-state index in [1.165, 1.54) is 12.3 Å². The van der Waals surface area contributed by atoms with Crippen LogP contribution in [0.3, 0.4) is 0 Å². The molecule has 0 aromatic carbocycles. The fraction of sp³-hybridized carbons (Fsp3) is 0.500. The van der Waals surface area contributed by atoms with Gasteiger partial charge in [0.2, 0.25) is 0 Å². The number of carboxylic acid groups (broad SMARTS) is 1. The van der Waals surface area contributed by atoms with Gasteiger partial charge in [-0.05, 0) is 37.3 Å². The van der Waals surface area contributed by atoms with E-state index in [1.807, 2.05) is 0 Å². The molecule has 1 aliphatic carbocycles. The molecular weight excluding hydrogens is 220 g/mol. The third kappa shape index (κ3) is 3.17. The van der Waals surface area contributed by atoms with Crippen molar-refractivity contribution in [2.24, 2.45) is 5.92 Å². The molecule has 5 heteroatoms. The molecule has 3 N–H and O–H groups in total. The lowest BCUT2D eigenvalue weighted by molar-refractivity contribution is 0.0696. The number of aliphatic hydroxyl groups excluding tert-OH is 1. The summed E-state index contributed by atoms with van der Waals surface area (Å²) in [6, 6.07) is 3.19. The maximum Gasteiger partial charge on any atom is 0.337 e. The van der Waals surface area contributed by atoms with Crippen LogP contribution in [0.5, 0.6) is 0 Å². The van der Waals surface area contributed by atoms with Crippen molar-refractivity contribution in [1.82, 2.24) is 4.98 Å². The first-order valence-electron chi connectivity index (χ1n) is 5.76. The highest BCUT2D eigenvalue weighted by molar-refractivity contribution is 5.87. The third-order valence-electron chi connectivity index (χ3n) is 3.10. The maximum absolute atomic E-state index is 10.6. The average Bonchev–Trinajstić information content (AvgIpc) is 2.73. The Morgan fingerprint density at radius 1 is 1.47 bits per heavy atom. The second-order valence-corrected chi connectivity index (χ2v) is 4.45. The van der Waals surface area contributed by atoms with Crippen LogP contribution in [0.4, 0.5) is 5.82 Å². The molecule has 1 fully saturated rings. The minimum absolute atomic E-state index is 0.163. The van der Waals surface area contributed by atoms with Crippen LogP contribution in [-0.2, 0) is 0 Å². The van der Waals surface area contributed by atoms with Gasteiger partial charge in [-0.25, -0.2) is 9.78 Å². The molecule has 2 atom stereocenters. The molecule has 2 unspecified atom stereocenters. The van der Waals surface area contributed by atoms with Gasteiger partial charge in [0.1, 0.15) is 5.82 Å². The number of hydrogen-bond donors (Lipinski definition) is 3. The Labute approximate surface area is 99.5 Å². The normalized spacial score (nSPS) is 23.6. The molecule has 92 valence electrons. The fourth-order valence-electron chi connectivity index (χ4n) is 2.11. The van der Waals surface area contributed by atoms with Crippen LogP contribution in [0, 0.1) is 5.92 Å². The zero-order chi connectivity index (χ0) is 12.3. The zero-order valence-corrected chi connectivity index (χ0v) is 9.47. The predicted octanol–water partition coefficient (Wildman–Crippen LogP) is 1.35. The van der Waals surface area contributed by atoms with E-state index in [9.17, 15) is 9.90 Å². The first kappa shape index (κ1) is 11.9. The molecule has 0 bridgehead atoms. The SMILES string of the molecule is O=C(O)c1ccc(NCC2CCC(O)C2)nc1. The van der Waals surface area contributed by atoms with Gasteiger partial charge in [-0.3, -0.25) is 0 Å². The number of anilines is 1. The van der Waals surface area contributed by atoms with Crippen LogP contribution < -0.4 is 5.32 Å². The van der Waals surface area contributed by atoms with Gasteiger partial charge in [-0.2, -0.15) is 0 Å². The number of aromatic carboxylic acids is 1. The molecule has 1 aromatic heterocycles. The van der Waals surface area contributed by atoms with Crippen molar-refractivity contribution in [2.75, 3.05) is 11.9 Å². The summed E-state index contributed by atoms with van der Waals surface area (Å²) < 4.78 is 0. The zero-order valence-electron chi connectivity index (χ0n) is 9.47. The summed E-state index contributed by atoms with van der Waals surface area (Å²) in [5, 5.41) is 21.3. The highest BCUT2D eigenvalue weighted by Crippen LogP contribution is 2.25. The van der Waals surface area contributed by atoms with Crippen molar-refractivity contribution in [3.8, 4) is 0 Å². The van der Waals surface area contributed by atoms with Crippen LogP contribution in [0.2, 0.25) is 0 Å². The number of carbonyl (C=O) groups is 1. The molecule has 17 heavy (non-hydrogen) atoms. The van der Waals surface area contributed by atoms with Crippen molar-refractivity contribution in [2.45, 2.75) is 25.4 Å². The molecular formula is C12H16N2O3. The minimum atomic E-state index is -0.969. The lowest BCUT2D eigenvalue weighted by atomic mass is 10.1. The van der Waals surface area contributed by atoms with Crippen LogP contribution in [0.15, 0.2) is 18.3 Å². The Hall–Kier alpha value is -1.62. The van der Waals surface area contributed by atoms with E-state index in [2.05, 4.69) is 10.3 Å². The molecule has 2 rings (SSSR count). The van der Waals surface area contributed by atoms with Gasteiger partial charge >= 0.3 is 5.97 Å². The van der Waals surface area contributed by atoms with Gasteiger partial charge in [0.05, 0.1) is 11.7 Å². The fourth-order valence-corrected chi connectivity index (χ4v) is 2.11. The van der Waals surface area contributed by atoms with Crippen LogP contribution in [-0.4, -0.2) is 33.8 Å². The molecule has 1 aromatic rings. The van der Waals surface area contributed by atoms with Crippen molar-refractivity contribution >= 4 is 11.8 Å². The van der Waals surface area contributed by atoms with Crippen LogP contribution >= 0.6 is 0 Å². The molecule has 0 aliphatic heterocycles. The average molecular weight is 236 g/mol. The second-order valence-electron chi connectivity index (χ2n) is 4.45. The first-order chi connectivity index (χ1) is 8.15. The first-order valence-corrected chi connectivity index (χ1v) is 5.76. The Bertz CT molecular complexity index is 391. The summed E-state index contributed by atoms with van der Waals surface area (Å²) in [6.07, 6.45) is 3.91. The second kappa shape index (κ2) is 5.14. The highest BCUT2D eigenvalue weighted by Gasteiger charge is 2.22. The van der Waals surface area contributed by atoms with E-state index in [0.717, 1.165) is 25.8 Å². The van der Waals surface area contributed by atoms with Gasteiger partial charge in [0.15, 0.2) is 0 Å². The summed E-state index contributed by atoms with van der Waals surface area (Å²) in [4.78, 5) is 14.7. The molecule has 1 saturated carbocycles. The summed E-state index contributed by atoms with van der Waals surface area (Å²) in [6.45, 7) is 0.774. The number of rotatable bonds is 4. The molecule has 0 spiro atoms. The molecule has 0 amide bonds. The van der Waals surface area contributed by atoms with Gasteiger partial charge in [0, 0.05) is 12.7 Å². The van der Waals surface area contributed by atoms with E-state index >= 15 is 0 Å². The number of carboxylic acids is 1. The summed E-state index contributed by atoms with van der Waals surface area (Å²) >= 11 is 0. The Morgan fingerprint density at radius 3 is 2.82 bits per heavy atom. The van der Waals surface area contributed by atoms with Crippen molar-refractivity contribution in [3.63, 3.8) is 0 Å². The standard InChI is InChI=1S/C12H16N2O3/c15-10-3-1-8(5-10)6-13-11-4-2-9(7-14-11)12(16)17/h2,4,7-8,10,15H,1,3,5-6H2,(H,13,14)(H,16,17). The molecule has 5 nitrogen and oxygen atoms in total. The number of aromatic nitrogens is 1.